The third-order valence-electron chi connectivity index (χ3n) is 5.89. The molecular weight excluding hydrogens is 383 g/mol. The van der Waals surface area contributed by atoms with Crippen molar-refractivity contribution in [3.05, 3.63) is 29.3 Å². The fourth-order valence-corrected chi connectivity index (χ4v) is 4.23. The van der Waals surface area contributed by atoms with Gasteiger partial charge in [0.25, 0.3) is 0 Å². The van der Waals surface area contributed by atoms with E-state index in [9.17, 15) is 5.11 Å². The maximum absolute atomic E-state index is 10.3. The van der Waals surface area contributed by atoms with Crippen LogP contribution in [0, 0.1) is 5.41 Å². The van der Waals surface area contributed by atoms with Crippen LogP contribution in [0.5, 0.6) is 5.75 Å². The minimum absolute atomic E-state index is 0.521. The quantitative estimate of drug-likeness (QED) is 0.379. The molecule has 2 aliphatic rings. The fraction of sp³-hybridized carbons (Fsp3) is 0.700. The molecule has 1 N–H and O–H groups in total. The van der Waals surface area contributed by atoms with Gasteiger partial charge in [0, 0.05) is 3.42 Å². The van der Waals surface area contributed by atoms with Crippen LogP contribution in [0.4, 0.5) is 0 Å². The largest absolute Gasteiger partial charge is 0.508 e. The van der Waals surface area contributed by atoms with E-state index >= 15 is 0 Å². The van der Waals surface area contributed by atoms with E-state index in [0.717, 1.165) is 18.4 Å². The Kier molecular flexibility index (Phi) is 5.06. The summed E-state index contributed by atoms with van der Waals surface area (Å²) in [6, 6.07) is 6.40. The lowest BCUT2D eigenvalue weighted by Crippen LogP contribution is -1.99. The zero-order valence-electron chi connectivity index (χ0n) is 13.8. The molecule has 0 heterocycles. The van der Waals surface area contributed by atoms with Crippen LogP contribution in [0.15, 0.2) is 18.2 Å². The zero-order valence-corrected chi connectivity index (χ0v) is 16.0. The Hall–Kier alpha value is -0.250. The number of hydrogen-bond acceptors (Lipinski definition) is 1. The molecular formula is C20H29IO. The van der Waals surface area contributed by atoms with Crippen molar-refractivity contribution < 1.29 is 5.11 Å². The highest BCUT2D eigenvalue weighted by Gasteiger charge is 2.39. The lowest BCUT2D eigenvalue weighted by Gasteiger charge is -2.12. The highest BCUT2D eigenvalue weighted by atomic mass is 127. The summed E-state index contributed by atoms with van der Waals surface area (Å²) in [5.41, 5.74) is 3.14. The van der Waals surface area contributed by atoms with Crippen molar-refractivity contribution in [3.8, 4) is 5.75 Å². The molecule has 2 aliphatic carbocycles. The molecule has 122 valence electrons. The Labute approximate surface area is 149 Å². The second kappa shape index (κ2) is 6.70. The van der Waals surface area contributed by atoms with Gasteiger partial charge in [-0.15, -0.1) is 0 Å². The van der Waals surface area contributed by atoms with E-state index < -0.39 is 0 Å². The van der Waals surface area contributed by atoms with Crippen molar-refractivity contribution in [1.82, 2.24) is 0 Å². The van der Waals surface area contributed by atoms with Gasteiger partial charge in [-0.05, 0) is 86.8 Å². The van der Waals surface area contributed by atoms with E-state index in [1.807, 2.05) is 6.07 Å². The molecule has 0 aliphatic heterocycles. The van der Waals surface area contributed by atoms with Crippen LogP contribution in [0.3, 0.4) is 0 Å². The highest BCUT2D eigenvalue weighted by molar-refractivity contribution is 14.1. The van der Waals surface area contributed by atoms with Crippen molar-refractivity contribution in [2.24, 2.45) is 5.41 Å². The Bertz CT molecular complexity index is 514. The first kappa shape index (κ1) is 16.6. The van der Waals surface area contributed by atoms with Crippen LogP contribution in [0.25, 0.3) is 0 Å². The molecule has 0 unspecified atom stereocenters. The van der Waals surface area contributed by atoms with Gasteiger partial charge in [-0.3, -0.25) is 0 Å². The van der Waals surface area contributed by atoms with Crippen molar-refractivity contribution in [1.29, 1.82) is 0 Å². The average Bonchev–Trinajstić information content (AvgIpc) is 3.41. The summed E-state index contributed by atoms with van der Waals surface area (Å²) >= 11 is 2.61. The Balaban J connectivity index is 1.44. The van der Waals surface area contributed by atoms with Crippen molar-refractivity contribution in [2.45, 2.75) is 81.0 Å². The SMILES string of the molecule is CCC1(CCCc2ccc(CCCC3(I)CC3)c(O)c2)CC1. The minimum Gasteiger partial charge on any atom is -0.508 e. The Morgan fingerprint density at radius 1 is 1.05 bits per heavy atom. The first-order chi connectivity index (χ1) is 10.5. The van der Waals surface area contributed by atoms with Crippen LogP contribution in [0.2, 0.25) is 0 Å². The maximum Gasteiger partial charge on any atom is 0.119 e. The van der Waals surface area contributed by atoms with E-state index in [0.29, 0.717) is 14.6 Å². The van der Waals surface area contributed by atoms with Gasteiger partial charge in [-0.1, -0.05) is 48.1 Å². The number of phenols is 1. The van der Waals surface area contributed by atoms with E-state index in [2.05, 4.69) is 41.6 Å². The third kappa shape index (κ3) is 4.39. The number of benzene rings is 1. The molecule has 0 atom stereocenters. The molecule has 0 radical (unpaired) electrons. The number of rotatable bonds is 9. The summed E-state index contributed by atoms with van der Waals surface area (Å²) in [7, 11) is 0. The summed E-state index contributed by atoms with van der Waals surface area (Å²) in [6.07, 6.45) is 14.3. The standard InChI is InChI=1S/C20H29IO/c1-2-19(11-12-19)9-3-5-16-7-8-17(18(22)15-16)6-4-10-20(21)13-14-20/h7-8,15,22H,2-6,9-14H2,1H3. The molecule has 1 nitrogen and oxygen atoms in total. The molecule has 0 spiro atoms. The molecule has 0 amide bonds. The summed E-state index contributed by atoms with van der Waals surface area (Å²) in [4.78, 5) is 0. The normalized spacial score (nSPS) is 20.8. The lowest BCUT2D eigenvalue weighted by molar-refractivity contribution is 0.433. The first-order valence-corrected chi connectivity index (χ1v) is 10.1. The van der Waals surface area contributed by atoms with E-state index in [1.165, 1.54) is 63.4 Å². The second-order valence-electron chi connectivity index (χ2n) is 7.67. The van der Waals surface area contributed by atoms with E-state index in [-0.39, 0.29) is 0 Å². The predicted octanol–water partition coefficient (Wildman–Crippen LogP) is 6.20. The number of aryl methyl sites for hydroxylation is 2. The third-order valence-corrected chi connectivity index (χ3v) is 7.51. The molecule has 1 aromatic carbocycles. The predicted molar refractivity (Wildman–Crippen MR) is 102 cm³/mol. The molecule has 22 heavy (non-hydrogen) atoms. The minimum atomic E-state index is 0.521. The van der Waals surface area contributed by atoms with Crippen LogP contribution >= 0.6 is 22.6 Å². The molecule has 0 aromatic heterocycles. The molecule has 2 fully saturated rings. The van der Waals surface area contributed by atoms with Crippen molar-refractivity contribution in [3.63, 3.8) is 0 Å². The Morgan fingerprint density at radius 2 is 1.77 bits per heavy atom. The average molecular weight is 412 g/mol. The van der Waals surface area contributed by atoms with Crippen LogP contribution in [-0.4, -0.2) is 8.53 Å². The van der Waals surface area contributed by atoms with Crippen LogP contribution in [-0.2, 0) is 12.8 Å². The molecule has 1 aromatic rings. The zero-order chi connectivity index (χ0) is 15.6. The number of phenolic OH excluding ortho intramolecular Hbond substituents is 1. The topological polar surface area (TPSA) is 20.2 Å². The van der Waals surface area contributed by atoms with Gasteiger partial charge in [-0.25, -0.2) is 0 Å². The van der Waals surface area contributed by atoms with Crippen LogP contribution < -0.4 is 0 Å². The van der Waals surface area contributed by atoms with E-state index in [4.69, 9.17) is 0 Å². The molecule has 0 bridgehead atoms. The summed E-state index contributed by atoms with van der Waals surface area (Å²) in [6.45, 7) is 2.33. The lowest BCUT2D eigenvalue weighted by atomic mass is 9.94. The van der Waals surface area contributed by atoms with Crippen molar-refractivity contribution in [2.75, 3.05) is 0 Å². The smallest absolute Gasteiger partial charge is 0.119 e. The highest BCUT2D eigenvalue weighted by Crippen LogP contribution is 2.52. The van der Waals surface area contributed by atoms with Gasteiger partial charge < -0.3 is 5.11 Å². The van der Waals surface area contributed by atoms with Gasteiger partial charge in [0.15, 0.2) is 0 Å². The van der Waals surface area contributed by atoms with Gasteiger partial charge in [0.2, 0.25) is 0 Å². The van der Waals surface area contributed by atoms with Gasteiger partial charge in [-0.2, -0.15) is 0 Å². The van der Waals surface area contributed by atoms with Gasteiger partial charge in [0.1, 0.15) is 5.75 Å². The summed E-state index contributed by atoms with van der Waals surface area (Å²) in [5, 5.41) is 10.3. The number of aromatic hydroxyl groups is 1. The molecule has 3 rings (SSSR count). The monoisotopic (exact) mass is 412 g/mol. The van der Waals surface area contributed by atoms with Crippen molar-refractivity contribution >= 4 is 22.6 Å². The first-order valence-electron chi connectivity index (χ1n) is 9.04. The fourth-order valence-electron chi connectivity index (χ4n) is 3.58. The summed E-state index contributed by atoms with van der Waals surface area (Å²) in [5.74, 6) is 0.521. The molecule has 2 heteroatoms. The maximum atomic E-state index is 10.3. The van der Waals surface area contributed by atoms with Gasteiger partial charge in [0.05, 0.1) is 0 Å². The second-order valence-corrected chi connectivity index (χ2v) is 9.96. The molecule has 2 saturated carbocycles. The number of halogens is 1. The van der Waals surface area contributed by atoms with Crippen LogP contribution in [0.1, 0.15) is 75.8 Å². The number of alkyl halides is 1. The Morgan fingerprint density at radius 3 is 2.36 bits per heavy atom. The number of hydrogen-bond donors (Lipinski definition) is 1. The summed E-state index contributed by atoms with van der Waals surface area (Å²) < 4.78 is 0.603. The van der Waals surface area contributed by atoms with E-state index in [1.54, 1.807) is 0 Å². The molecule has 0 saturated heterocycles. The van der Waals surface area contributed by atoms with Gasteiger partial charge >= 0.3 is 0 Å².